The standard InChI is InChI=1S/C19H22N2O5S2/c1-14(17-5-4-12-27-17)20-18(22)13-26-19(23)15-6-8-16(9-7-15)28(24,25)21-10-2-3-11-21/h4-9,12,14H,2-3,10-11,13H2,1H3,(H,20,22). The maximum Gasteiger partial charge on any atom is 0.338 e. The number of amides is 1. The van der Waals surface area contributed by atoms with Gasteiger partial charge in [0.1, 0.15) is 0 Å². The highest BCUT2D eigenvalue weighted by Crippen LogP contribution is 2.21. The molecule has 1 aromatic carbocycles. The van der Waals surface area contributed by atoms with Crippen LogP contribution in [-0.2, 0) is 19.6 Å². The largest absolute Gasteiger partial charge is 0.452 e. The number of carbonyl (C=O) groups excluding carboxylic acids is 2. The first-order chi connectivity index (χ1) is 13.4. The van der Waals surface area contributed by atoms with Gasteiger partial charge >= 0.3 is 5.97 Å². The monoisotopic (exact) mass is 422 g/mol. The van der Waals surface area contributed by atoms with Crippen LogP contribution in [0.4, 0.5) is 0 Å². The van der Waals surface area contributed by atoms with Crippen LogP contribution in [0, 0.1) is 0 Å². The van der Waals surface area contributed by atoms with Gasteiger partial charge < -0.3 is 10.1 Å². The zero-order chi connectivity index (χ0) is 20.1. The van der Waals surface area contributed by atoms with Crippen molar-refractivity contribution in [3.8, 4) is 0 Å². The van der Waals surface area contributed by atoms with Crippen molar-refractivity contribution in [1.29, 1.82) is 0 Å². The Hall–Kier alpha value is -2.23. The first kappa shape index (κ1) is 20.5. The minimum absolute atomic E-state index is 0.147. The molecule has 1 fully saturated rings. The number of rotatable bonds is 7. The van der Waals surface area contributed by atoms with E-state index >= 15 is 0 Å². The molecular weight excluding hydrogens is 400 g/mol. The van der Waals surface area contributed by atoms with E-state index in [2.05, 4.69) is 5.32 Å². The number of thiophene rings is 1. The predicted octanol–water partition coefficient (Wildman–Crippen LogP) is 2.57. The topological polar surface area (TPSA) is 92.8 Å². The second-order valence-corrected chi connectivity index (χ2v) is 9.43. The molecule has 1 amide bonds. The third-order valence-corrected chi connectivity index (χ3v) is 7.44. The number of hydrogen-bond donors (Lipinski definition) is 1. The lowest BCUT2D eigenvalue weighted by Crippen LogP contribution is -2.30. The number of esters is 1. The molecule has 150 valence electrons. The van der Waals surface area contributed by atoms with Crippen molar-refractivity contribution in [2.45, 2.75) is 30.7 Å². The zero-order valence-corrected chi connectivity index (χ0v) is 17.1. The van der Waals surface area contributed by atoms with E-state index in [4.69, 9.17) is 4.74 Å². The third kappa shape index (κ3) is 4.78. The summed E-state index contributed by atoms with van der Waals surface area (Å²) in [7, 11) is -3.52. The molecule has 1 unspecified atom stereocenters. The molecule has 2 aromatic rings. The van der Waals surface area contributed by atoms with E-state index in [0.29, 0.717) is 13.1 Å². The number of hydrogen-bond acceptors (Lipinski definition) is 6. The Morgan fingerprint density at radius 3 is 2.46 bits per heavy atom. The highest BCUT2D eigenvalue weighted by molar-refractivity contribution is 7.89. The van der Waals surface area contributed by atoms with Crippen LogP contribution in [-0.4, -0.2) is 44.3 Å². The lowest BCUT2D eigenvalue weighted by atomic mass is 10.2. The van der Waals surface area contributed by atoms with Crippen molar-refractivity contribution in [3.63, 3.8) is 0 Å². The maximum absolute atomic E-state index is 12.5. The van der Waals surface area contributed by atoms with Crippen molar-refractivity contribution in [2.24, 2.45) is 0 Å². The Labute approximate surface area is 168 Å². The van der Waals surface area contributed by atoms with Gasteiger partial charge in [-0.1, -0.05) is 6.07 Å². The van der Waals surface area contributed by atoms with E-state index < -0.39 is 28.5 Å². The number of carbonyl (C=O) groups is 2. The molecule has 0 bridgehead atoms. The quantitative estimate of drug-likeness (QED) is 0.693. The van der Waals surface area contributed by atoms with Gasteiger partial charge in [0.05, 0.1) is 16.5 Å². The number of nitrogens with zero attached hydrogens (tertiary/aromatic N) is 1. The Morgan fingerprint density at radius 2 is 1.86 bits per heavy atom. The first-order valence-corrected chi connectivity index (χ1v) is 11.3. The summed E-state index contributed by atoms with van der Waals surface area (Å²) in [4.78, 5) is 25.2. The van der Waals surface area contributed by atoms with Crippen molar-refractivity contribution < 1.29 is 22.7 Å². The fourth-order valence-electron chi connectivity index (χ4n) is 2.95. The van der Waals surface area contributed by atoms with Gasteiger partial charge in [-0.2, -0.15) is 4.31 Å². The molecule has 1 atom stereocenters. The van der Waals surface area contributed by atoms with Crippen LogP contribution < -0.4 is 5.32 Å². The smallest absolute Gasteiger partial charge is 0.338 e. The number of benzene rings is 1. The summed E-state index contributed by atoms with van der Waals surface area (Å²) in [5, 5.41) is 4.68. The fourth-order valence-corrected chi connectivity index (χ4v) is 5.20. The van der Waals surface area contributed by atoms with E-state index in [1.54, 1.807) is 0 Å². The van der Waals surface area contributed by atoms with Gasteiger partial charge in [-0.15, -0.1) is 11.3 Å². The van der Waals surface area contributed by atoms with Crippen LogP contribution in [0.1, 0.15) is 41.0 Å². The highest BCUT2D eigenvalue weighted by Gasteiger charge is 2.27. The molecule has 0 saturated carbocycles. The van der Waals surface area contributed by atoms with Crippen molar-refractivity contribution in [3.05, 3.63) is 52.2 Å². The summed E-state index contributed by atoms with van der Waals surface area (Å²) in [6.45, 7) is 2.49. The molecule has 28 heavy (non-hydrogen) atoms. The summed E-state index contributed by atoms with van der Waals surface area (Å²) in [5.41, 5.74) is 0.194. The highest BCUT2D eigenvalue weighted by atomic mass is 32.2. The molecule has 3 rings (SSSR count). The molecule has 7 nitrogen and oxygen atoms in total. The van der Waals surface area contributed by atoms with Gasteiger partial charge in [0.25, 0.3) is 5.91 Å². The SMILES string of the molecule is CC(NC(=O)COC(=O)c1ccc(S(=O)(=O)N2CCCC2)cc1)c1cccs1. The third-order valence-electron chi connectivity index (χ3n) is 4.47. The van der Waals surface area contributed by atoms with E-state index in [0.717, 1.165) is 17.7 Å². The average molecular weight is 423 g/mol. The lowest BCUT2D eigenvalue weighted by molar-refractivity contribution is -0.124. The molecule has 9 heteroatoms. The molecule has 0 spiro atoms. The second-order valence-electron chi connectivity index (χ2n) is 6.52. The van der Waals surface area contributed by atoms with E-state index in [1.165, 1.54) is 39.9 Å². The summed E-state index contributed by atoms with van der Waals surface area (Å²) < 4.78 is 31.4. The van der Waals surface area contributed by atoms with E-state index in [1.807, 2.05) is 24.4 Å². The summed E-state index contributed by atoms with van der Waals surface area (Å²) in [5.74, 6) is -1.08. The van der Waals surface area contributed by atoms with Crippen LogP contribution in [0.3, 0.4) is 0 Å². The second kappa shape index (κ2) is 8.85. The Balaban J connectivity index is 1.54. The van der Waals surface area contributed by atoms with Crippen LogP contribution in [0.15, 0.2) is 46.7 Å². The van der Waals surface area contributed by atoms with Gasteiger partial charge in [-0.05, 0) is 55.5 Å². The van der Waals surface area contributed by atoms with Gasteiger partial charge in [-0.25, -0.2) is 13.2 Å². The average Bonchev–Trinajstić information content (AvgIpc) is 3.40. The zero-order valence-electron chi connectivity index (χ0n) is 15.5. The number of sulfonamides is 1. The van der Waals surface area contributed by atoms with Crippen molar-refractivity contribution in [1.82, 2.24) is 9.62 Å². The summed E-state index contributed by atoms with van der Waals surface area (Å²) in [6, 6.07) is 9.23. The molecule has 1 aliphatic heterocycles. The van der Waals surface area contributed by atoms with E-state index in [9.17, 15) is 18.0 Å². The molecular formula is C19H22N2O5S2. The van der Waals surface area contributed by atoms with Crippen molar-refractivity contribution >= 4 is 33.2 Å². The molecule has 0 aliphatic carbocycles. The van der Waals surface area contributed by atoms with Gasteiger partial charge in [0.15, 0.2) is 6.61 Å². The molecule has 1 aliphatic rings. The van der Waals surface area contributed by atoms with Gasteiger partial charge in [0, 0.05) is 18.0 Å². The summed E-state index contributed by atoms with van der Waals surface area (Å²) in [6.07, 6.45) is 1.72. The molecule has 1 aromatic heterocycles. The van der Waals surface area contributed by atoms with Crippen molar-refractivity contribution in [2.75, 3.05) is 19.7 Å². The van der Waals surface area contributed by atoms with Crippen LogP contribution in [0.25, 0.3) is 0 Å². The Bertz CT molecular complexity index is 918. The Morgan fingerprint density at radius 1 is 1.18 bits per heavy atom. The van der Waals surface area contributed by atoms with Gasteiger partial charge in [-0.3, -0.25) is 4.79 Å². The molecule has 2 heterocycles. The maximum atomic E-state index is 12.5. The fraction of sp³-hybridized carbons (Fsp3) is 0.368. The first-order valence-electron chi connectivity index (χ1n) is 8.98. The van der Waals surface area contributed by atoms with E-state index in [-0.39, 0.29) is 16.5 Å². The minimum Gasteiger partial charge on any atom is -0.452 e. The van der Waals surface area contributed by atoms with Crippen LogP contribution in [0.5, 0.6) is 0 Å². The van der Waals surface area contributed by atoms with Gasteiger partial charge in [0.2, 0.25) is 10.0 Å². The summed E-state index contributed by atoms with van der Waals surface area (Å²) >= 11 is 1.53. The minimum atomic E-state index is -3.52. The molecule has 0 radical (unpaired) electrons. The van der Waals surface area contributed by atoms with Crippen LogP contribution in [0.2, 0.25) is 0 Å². The lowest BCUT2D eigenvalue weighted by Gasteiger charge is -2.15. The predicted molar refractivity (Wildman–Crippen MR) is 106 cm³/mol. The van der Waals surface area contributed by atoms with Crippen LogP contribution >= 0.6 is 11.3 Å². The Kier molecular flexibility index (Phi) is 6.48. The molecule has 1 N–H and O–H groups in total. The normalized spacial score (nSPS) is 15.9. The molecule has 1 saturated heterocycles. The number of nitrogens with one attached hydrogen (secondary N) is 1. The number of ether oxygens (including phenoxy) is 1.